The molecular weight excluding hydrogens is 266 g/mol. The van der Waals surface area contributed by atoms with E-state index in [-0.39, 0.29) is 17.5 Å². The first-order valence-corrected chi connectivity index (χ1v) is 7.00. The molecule has 0 radical (unpaired) electrons. The molecule has 6 nitrogen and oxygen atoms in total. The molecule has 1 aliphatic rings. The zero-order chi connectivity index (χ0) is 14.0. The van der Waals surface area contributed by atoms with Crippen molar-refractivity contribution >= 4 is 28.4 Å². The van der Waals surface area contributed by atoms with E-state index in [1.54, 1.807) is 6.92 Å². The maximum Gasteiger partial charge on any atom is 0.340 e. The van der Waals surface area contributed by atoms with Crippen LogP contribution in [0.4, 0.5) is 5.00 Å². The van der Waals surface area contributed by atoms with Crippen LogP contribution in [0.3, 0.4) is 0 Å². The molecule has 0 spiro atoms. The van der Waals surface area contributed by atoms with Gasteiger partial charge < -0.3 is 15.7 Å². The largest absolute Gasteiger partial charge is 0.478 e. The van der Waals surface area contributed by atoms with E-state index in [1.807, 2.05) is 0 Å². The highest BCUT2D eigenvalue weighted by molar-refractivity contribution is 7.11. The topological polar surface area (TPSA) is 91.3 Å². The Labute approximate surface area is 115 Å². The summed E-state index contributed by atoms with van der Waals surface area (Å²) in [6.07, 6.45) is 1.83. The minimum Gasteiger partial charge on any atom is -0.478 e. The summed E-state index contributed by atoms with van der Waals surface area (Å²) in [6, 6.07) is -0.257. The molecule has 1 aromatic rings. The summed E-state index contributed by atoms with van der Waals surface area (Å²) in [7, 11) is 0. The van der Waals surface area contributed by atoms with Gasteiger partial charge in [0.2, 0.25) is 5.91 Å². The van der Waals surface area contributed by atoms with Gasteiger partial charge in [-0.1, -0.05) is 6.92 Å². The van der Waals surface area contributed by atoms with Crippen molar-refractivity contribution in [2.45, 2.75) is 32.7 Å². The Bertz CT molecular complexity index is 500. The summed E-state index contributed by atoms with van der Waals surface area (Å²) in [5, 5.41) is 15.2. The predicted octanol–water partition coefficient (Wildman–Crippen LogP) is 1.48. The molecule has 0 bridgehead atoms. The summed E-state index contributed by atoms with van der Waals surface area (Å²) in [5.41, 5.74) is 0.514. The number of nitrogens with zero attached hydrogens (tertiary/aromatic N) is 1. The average molecular weight is 283 g/mol. The number of carbonyl (C=O) groups excluding carboxylic acids is 1. The van der Waals surface area contributed by atoms with Gasteiger partial charge in [0, 0.05) is 0 Å². The second kappa shape index (κ2) is 5.66. The molecule has 7 heteroatoms. The fourth-order valence-electron chi connectivity index (χ4n) is 2.21. The lowest BCUT2D eigenvalue weighted by Gasteiger charge is -2.26. The van der Waals surface area contributed by atoms with Crippen molar-refractivity contribution in [3.8, 4) is 0 Å². The molecule has 2 atom stereocenters. The summed E-state index contributed by atoms with van der Waals surface area (Å²) in [5.74, 6) is -0.747. The molecule has 19 heavy (non-hydrogen) atoms. The number of carbonyl (C=O) groups is 2. The van der Waals surface area contributed by atoms with E-state index in [4.69, 9.17) is 5.11 Å². The third kappa shape index (κ3) is 3.10. The predicted molar refractivity (Wildman–Crippen MR) is 72.6 cm³/mol. The second-order valence-electron chi connectivity index (χ2n) is 4.90. The molecule has 2 heterocycles. The number of carboxylic acids is 1. The lowest BCUT2D eigenvalue weighted by molar-refractivity contribution is -0.118. The molecule has 2 rings (SSSR count). The lowest BCUT2D eigenvalue weighted by Crippen LogP contribution is -2.45. The van der Waals surface area contributed by atoms with Crippen LogP contribution >= 0.6 is 11.5 Å². The van der Waals surface area contributed by atoms with Gasteiger partial charge in [0.15, 0.2) is 0 Å². The number of piperidine rings is 1. The fraction of sp³-hybridized carbons (Fsp3) is 0.583. The van der Waals surface area contributed by atoms with Gasteiger partial charge in [0.25, 0.3) is 0 Å². The highest BCUT2D eigenvalue weighted by Crippen LogP contribution is 2.25. The average Bonchev–Trinajstić information content (AvgIpc) is 2.70. The zero-order valence-electron chi connectivity index (χ0n) is 10.9. The van der Waals surface area contributed by atoms with E-state index in [0.29, 0.717) is 16.6 Å². The Morgan fingerprint density at radius 2 is 2.26 bits per heavy atom. The number of nitrogens with one attached hydrogen (secondary N) is 2. The molecule has 0 aromatic carbocycles. The second-order valence-corrected chi connectivity index (χ2v) is 5.68. The van der Waals surface area contributed by atoms with Crippen molar-refractivity contribution in [1.82, 2.24) is 9.69 Å². The Balaban J connectivity index is 2.08. The SMILES string of the molecule is Cc1nsc(NC(=O)C2CC(C)CCN2)c1C(=O)O. The minimum absolute atomic E-state index is 0.0854. The van der Waals surface area contributed by atoms with E-state index in [2.05, 4.69) is 21.9 Å². The first-order chi connectivity index (χ1) is 8.99. The molecule has 104 valence electrons. The van der Waals surface area contributed by atoms with Crippen LogP contribution in [0.1, 0.15) is 35.8 Å². The zero-order valence-corrected chi connectivity index (χ0v) is 11.7. The number of aryl methyl sites for hydroxylation is 1. The number of anilines is 1. The minimum atomic E-state index is -1.06. The third-order valence-corrected chi connectivity index (χ3v) is 4.15. The highest BCUT2D eigenvalue weighted by Gasteiger charge is 2.27. The number of hydrogen-bond donors (Lipinski definition) is 3. The van der Waals surface area contributed by atoms with Crippen LogP contribution in [0, 0.1) is 12.8 Å². The first-order valence-electron chi connectivity index (χ1n) is 6.23. The van der Waals surface area contributed by atoms with Crippen LogP contribution in [-0.2, 0) is 4.79 Å². The van der Waals surface area contributed by atoms with E-state index in [9.17, 15) is 9.59 Å². The van der Waals surface area contributed by atoms with Crippen LogP contribution in [0.25, 0.3) is 0 Å². The first kappa shape index (κ1) is 14.0. The van der Waals surface area contributed by atoms with Crippen LogP contribution < -0.4 is 10.6 Å². The fourth-order valence-corrected chi connectivity index (χ4v) is 3.01. The number of aromatic nitrogens is 1. The molecule has 2 unspecified atom stereocenters. The van der Waals surface area contributed by atoms with Crippen molar-refractivity contribution in [2.24, 2.45) is 5.92 Å². The Morgan fingerprint density at radius 3 is 2.89 bits per heavy atom. The van der Waals surface area contributed by atoms with Crippen molar-refractivity contribution in [3.63, 3.8) is 0 Å². The Kier molecular flexibility index (Phi) is 4.16. The van der Waals surface area contributed by atoms with Gasteiger partial charge in [-0.25, -0.2) is 4.79 Å². The van der Waals surface area contributed by atoms with Crippen molar-refractivity contribution in [1.29, 1.82) is 0 Å². The molecular formula is C12H17N3O3S. The maximum atomic E-state index is 12.1. The number of aromatic carboxylic acids is 1. The molecule has 1 amide bonds. The van der Waals surface area contributed by atoms with Gasteiger partial charge in [-0.15, -0.1) is 0 Å². The number of hydrogen-bond acceptors (Lipinski definition) is 5. The molecule has 0 aliphatic carbocycles. The number of carboxylic acid groups (broad SMARTS) is 1. The van der Waals surface area contributed by atoms with Gasteiger partial charge in [0.1, 0.15) is 10.6 Å². The van der Waals surface area contributed by atoms with E-state index >= 15 is 0 Å². The number of rotatable bonds is 3. The highest BCUT2D eigenvalue weighted by atomic mass is 32.1. The van der Waals surface area contributed by atoms with Gasteiger partial charge in [-0.3, -0.25) is 4.79 Å². The molecule has 3 N–H and O–H groups in total. The van der Waals surface area contributed by atoms with Crippen LogP contribution in [0.2, 0.25) is 0 Å². The van der Waals surface area contributed by atoms with Crippen LogP contribution in [-0.4, -0.2) is 33.9 Å². The molecule has 0 saturated carbocycles. The molecule has 1 aromatic heterocycles. The van der Waals surface area contributed by atoms with Crippen molar-refractivity contribution < 1.29 is 14.7 Å². The van der Waals surface area contributed by atoms with E-state index < -0.39 is 5.97 Å². The standard InChI is InChI=1S/C12H17N3O3S/c1-6-3-4-13-8(5-6)10(16)14-11-9(12(17)18)7(2)15-19-11/h6,8,13H,3-5H2,1-2H3,(H,14,16)(H,17,18). The van der Waals surface area contributed by atoms with E-state index in [0.717, 1.165) is 30.9 Å². The smallest absolute Gasteiger partial charge is 0.340 e. The summed E-state index contributed by atoms with van der Waals surface area (Å²) in [6.45, 7) is 4.55. The summed E-state index contributed by atoms with van der Waals surface area (Å²) >= 11 is 1.01. The van der Waals surface area contributed by atoms with Crippen molar-refractivity contribution in [3.05, 3.63) is 11.3 Å². The lowest BCUT2D eigenvalue weighted by atomic mass is 9.94. The van der Waals surface area contributed by atoms with E-state index in [1.165, 1.54) is 0 Å². The van der Waals surface area contributed by atoms with Crippen LogP contribution in [0.5, 0.6) is 0 Å². The molecule has 1 fully saturated rings. The normalized spacial score (nSPS) is 23.1. The summed E-state index contributed by atoms with van der Waals surface area (Å²) < 4.78 is 3.98. The van der Waals surface area contributed by atoms with Gasteiger partial charge in [-0.05, 0) is 43.8 Å². The van der Waals surface area contributed by atoms with Crippen molar-refractivity contribution in [2.75, 3.05) is 11.9 Å². The van der Waals surface area contributed by atoms with Gasteiger partial charge >= 0.3 is 5.97 Å². The summed E-state index contributed by atoms with van der Waals surface area (Å²) in [4.78, 5) is 23.2. The van der Waals surface area contributed by atoms with Gasteiger partial charge in [0.05, 0.1) is 11.7 Å². The number of amides is 1. The molecule has 1 aliphatic heterocycles. The Hall–Kier alpha value is -1.47. The monoisotopic (exact) mass is 283 g/mol. The molecule has 1 saturated heterocycles. The third-order valence-electron chi connectivity index (χ3n) is 3.30. The maximum absolute atomic E-state index is 12.1. The Morgan fingerprint density at radius 1 is 1.53 bits per heavy atom. The van der Waals surface area contributed by atoms with Gasteiger partial charge in [-0.2, -0.15) is 4.37 Å². The quantitative estimate of drug-likeness (QED) is 0.781. The van der Waals surface area contributed by atoms with Crippen LogP contribution in [0.15, 0.2) is 0 Å².